The van der Waals surface area contributed by atoms with Gasteiger partial charge in [-0.2, -0.15) is 0 Å². The van der Waals surface area contributed by atoms with Crippen LogP contribution in [0.25, 0.3) is 56.6 Å². The topological polar surface area (TPSA) is 252 Å². The Kier molecular flexibility index (Phi) is 19.4. The number of carbonyl (C=O) groups excluding carboxylic acids is 3. The number of nitrogens with two attached hydrogens (primary N) is 2. The fourth-order valence-corrected chi connectivity index (χ4v) is 10.2. The minimum absolute atomic E-state index is 0. The maximum atomic E-state index is 13.0. The standard InChI is InChI=1S/C31H30N4O4.C25H21N3O4.C6H11NO.CH4.ClH/c1-19-12-22(28-10-4-21(16-33-28)31(37)35-17-26-8-9-27(18-35)38-26)13-23-14-25(39-30(19)23)7-6-24(36)5-2-20-3-11-29(32)34-15-20;1-15-10-18(22-8-4-17(14-27-22)25(30)31)11-19-12-21(32-24(15)19)7-6-20(29)5-2-16-3-9-23(26)28-13-16;1-2-6-4-7-3-5(1)8-6;;/h2-5,10-16,26-27H,6-9,17-18H2,1H3,(H2,32,34);2-5,8-14H,6-7H2,1H3,(H2,26,28)(H,30,31);5-7H,1-4H2;1H4;1H/b2*5-2+;;;. The molecule has 4 aliphatic heterocycles. The van der Waals surface area contributed by atoms with Gasteiger partial charge in [0.1, 0.15) is 34.3 Å². The number of anilines is 2. The van der Waals surface area contributed by atoms with E-state index in [1.807, 2.05) is 73.3 Å². The van der Waals surface area contributed by atoms with E-state index in [2.05, 4.69) is 25.3 Å². The van der Waals surface area contributed by atoms with Gasteiger partial charge in [0.25, 0.3) is 5.91 Å². The van der Waals surface area contributed by atoms with E-state index < -0.39 is 5.97 Å². The number of hydrogen-bond acceptors (Lipinski definition) is 15. The van der Waals surface area contributed by atoms with Gasteiger partial charge in [-0.1, -0.05) is 7.43 Å². The first-order chi connectivity index (χ1) is 38.2. The summed E-state index contributed by atoms with van der Waals surface area (Å²) in [4.78, 5) is 67.4. The van der Waals surface area contributed by atoms with E-state index in [0.717, 1.165) is 98.5 Å². The van der Waals surface area contributed by atoms with E-state index in [4.69, 9.17) is 34.9 Å². The van der Waals surface area contributed by atoms with Gasteiger partial charge in [-0.25, -0.2) is 14.8 Å². The van der Waals surface area contributed by atoms with Crippen LogP contribution < -0.4 is 16.8 Å². The number of benzene rings is 2. The van der Waals surface area contributed by atoms with Crippen molar-refractivity contribution in [3.05, 3.63) is 167 Å². The largest absolute Gasteiger partial charge is 0.478 e. The molecular weight excluding hydrogens is 1050 g/mol. The highest BCUT2D eigenvalue weighted by Crippen LogP contribution is 2.33. The molecule has 0 spiro atoms. The molecule has 18 heteroatoms. The van der Waals surface area contributed by atoms with Gasteiger partial charge in [-0.05, 0) is 171 Å². The number of furan rings is 2. The summed E-state index contributed by atoms with van der Waals surface area (Å²) in [7, 11) is 0. The van der Waals surface area contributed by atoms with Crippen LogP contribution >= 0.6 is 12.4 Å². The molecule has 4 bridgehead atoms. The van der Waals surface area contributed by atoms with Gasteiger partial charge in [0.2, 0.25) is 0 Å². The molecule has 1 amide bonds. The van der Waals surface area contributed by atoms with Crippen LogP contribution in [0.3, 0.4) is 0 Å². The van der Waals surface area contributed by atoms with Crippen molar-refractivity contribution in [1.82, 2.24) is 30.2 Å². The van der Waals surface area contributed by atoms with Gasteiger partial charge >= 0.3 is 5.97 Å². The van der Waals surface area contributed by atoms with E-state index in [9.17, 15) is 19.2 Å². The van der Waals surface area contributed by atoms with Crippen molar-refractivity contribution in [1.29, 1.82) is 0 Å². The number of fused-ring (bicyclic) bond motifs is 6. The fraction of sp³-hybridized carbons (Fsp3) is 0.302. The van der Waals surface area contributed by atoms with E-state index >= 15 is 0 Å². The van der Waals surface area contributed by atoms with Crippen molar-refractivity contribution in [2.75, 3.05) is 37.6 Å². The molecule has 4 fully saturated rings. The minimum Gasteiger partial charge on any atom is -0.478 e. The molecule has 4 saturated heterocycles. The highest BCUT2D eigenvalue weighted by Gasteiger charge is 2.36. The summed E-state index contributed by atoms with van der Waals surface area (Å²) in [6.45, 7) is 7.40. The zero-order chi connectivity index (χ0) is 55.0. The molecular formula is C63H67ClN8O9. The smallest absolute Gasteiger partial charge is 0.337 e. The van der Waals surface area contributed by atoms with Crippen molar-refractivity contribution < 1.29 is 42.6 Å². The average molecular weight is 1120 g/mol. The van der Waals surface area contributed by atoms with Crippen molar-refractivity contribution in [2.45, 2.75) is 97.1 Å². The summed E-state index contributed by atoms with van der Waals surface area (Å²) in [5.74, 6) is 1.36. The van der Waals surface area contributed by atoms with Gasteiger partial charge < -0.3 is 45.1 Å². The highest BCUT2D eigenvalue weighted by atomic mass is 35.5. The predicted octanol–water partition coefficient (Wildman–Crippen LogP) is 10.9. The molecule has 4 unspecified atom stereocenters. The van der Waals surface area contributed by atoms with E-state index in [1.54, 1.807) is 61.1 Å². The Morgan fingerprint density at radius 3 is 1.48 bits per heavy atom. The van der Waals surface area contributed by atoms with Crippen molar-refractivity contribution >= 4 is 81.6 Å². The minimum atomic E-state index is -1.01. The molecule has 420 valence electrons. The van der Waals surface area contributed by atoms with Crippen molar-refractivity contribution in [3.8, 4) is 22.5 Å². The summed E-state index contributed by atoms with van der Waals surface area (Å²) in [5, 5.41) is 14.2. The molecule has 4 atom stereocenters. The van der Waals surface area contributed by atoms with Gasteiger partial charge in [0.05, 0.1) is 46.9 Å². The molecule has 6 aromatic heterocycles. The molecule has 0 radical (unpaired) electrons. The van der Waals surface area contributed by atoms with Gasteiger partial charge in [0, 0.05) is 98.5 Å². The number of ketones is 2. The van der Waals surface area contributed by atoms with Gasteiger partial charge in [-0.3, -0.25) is 24.4 Å². The highest BCUT2D eigenvalue weighted by molar-refractivity contribution is 5.96. The van der Waals surface area contributed by atoms with E-state index in [-0.39, 0.29) is 55.1 Å². The number of halogens is 1. The number of carboxylic acid groups (broad SMARTS) is 1. The first kappa shape index (κ1) is 58.8. The van der Waals surface area contributed by atoms with Crippen molar-refractivity contribution in [3.63, 3.8) is 0 Å². The molecule has 0 saturated carbocycles. The molecule has 0 aliphatic carbocycles. The van der Waals surface area contributed by atoms with Crippen molar-refractivity contribution in [2.24, 2.45) is 0 Å². The number of nitrogen functional groups attached to an aromatic ring is 2. The molecule has 4 aliphatic rings. The third-order valence-electron chi connectivity index (χ3n) is 14.4. The second-order valence-corrected chi connectivity index (χ2v) is 20.4. The number of likely N-dealkylation sites (tertiary alicyclic amines) is 1. The molecule has 6 N–H and O–H groups in total. The Hall–Kier alpha value is -8.35. The van der Waals surface area contributed by atoms with E-state index in [1.165, 1.54) is 31.2 Å². The first-order valence-corrected chi connectivity index (χ1v) is 26.6. The molecule has 8 aromatic rings. The summed E-state index contributed by atoms with van der Waals surface area (Å²) < 4.78 is 23.4. The SMILES string of the molecule is C.C1CC2CNCC1O2.Cc1cc(-c2ccc(C(=O)N3CC4CCC(C3)O4)cn2)cc2cc(CCC(=O)/C=C/c3ccc(N)nc3)oc12.Cc1cc(-c2ccc(C(=O)O)cn2)cc2cc(CCC(=O)/C=C/c3ccc(N)nc3)oc12.Cl. The zero-order valence-corrected chi connectivity index (χ0v) is 45.3. The summed E-state index contributed by atoms with van der Waals surface area (Å²) in [5.41, 5.74) is 20.3. The lowest BCUT2D eigenvalue weighted by molar-refractivity contribution is -0.115. The van der Waals surface area contributed by atoms with Crippen LogP contribution in [0, 0.1) is 13.8 Å². The summed E-state index contributed by atoms with van der Waals surface area (Å²) in [6, 6.07) is 25.9. The molecule has 10 heterocycles. The lowest BCUT2D eigenvalue weighted by Crippen LogP contribution is -2.45. The number of amides is 1. The van der Waals surface area contributed by atoms with Crippen LogP contribution in [-0.4, -0.2) is 104 Å². The number of ether oxygens (including phenoxy) is 2. The number of carboxylic acids is 1. The molecule has 17 nitrogen and oxygen atoms in total. The van der Waals surface area contributed by atoms with Gasteiger partial charge in [0.15, 0.2) is 11.6 Å². The van der Waals surface area contributed by atoms with Crippen LogP contribution in [0.1, 0.15) is 100 Å². The molecule has 81 heavy (non-hydrogen) atoms. The number of allylic oxidation sites excluding steroid dienone is 2. The first-order valence-electron chi connectivity index (χ1n) is 26.6. The van der Waals surface area contributed by atoms with Crippen LogP contribution in [0.2, 0.25) is 0 Å². The van der Waals surface area contributed by atoms with Crippen LogP contribution in [0.5, 0.6) is 0 Å². The zero-order valence-electron chi connectivity index (χ0n) is 44.5. The average Bonchev–Trinajstić information content (AvgIpc) is 4.35. The predicted molar refractivity (Wildman–Crippen MR) is 316 cm³/mol. The number of hydrogen-bond donors (Lipinski definition) is 4. The quantitative estimate of drug-likeness (QED) is 0.0739. The number of carbonyl (C=O) groups is 4. The van der Waals surface area contributed by atoms with Crippen LogP contribution in [-0.2, 0) is 31.9 Å². The van der Waals surface area contributed by atoms with Crippen LogP contribution in [0.4, 0.5) is 11.6 Å². The Morgan fingerprint density at radius 1 is 0.605 bits per heavy atom. The Morgan fingerprint density at radius 2 is 1.06 bits per heavy atom. The Bertz CT molecular complexity index is 3530. The second-order valence-electron chi connectivity index (χ2n) is 20.4. The summed E-state index contributed by atoms with van der Waals surface area (Å²) >= 11 is 0. The number of nitrogens with one attached hydrogen (secondary N) is 1. The van der Waals surface area contributed by atoms with Crippen LogP contribution in [0.15, 0.2) is 131 Å². The third kappa shape index (κ3) is 15.1. The monoisotopic (exact) mass is 1110 g/mol. The number of rotatable bonds is 14. The second kappa shape index (κ2) is 26.7. The maximum Gasteiger partial charge on any atom is 0.337 e. The number of nitrogens with zero attached hydrogens (tertiary/aromatic N) is 5. The molecule has 2 aromatic carbocycles. The van der Waals surface area contributed by atoms with Gasteiger partial charge in [-0.15, -0.1) is 12.4 Å². The number of morpholine rings is 2. The Balaban J connectivity index is 0.000000184. The van der Waals surface area contributed by atoms with E-state index in [0.29, 0.717) is 73.9 Å². The normalized spacial score (nSPS) is 17.9. The number of aromatic carboxylic acids is 1. The lowest BCUT2D eigenvalue weighted by atomic mass is 10.0. The summed E-state index contributed by atoms with van der Waals surface area (Å²) in [6.07, 6.45) is 20.5. The number of aromatic nitrogens is 4. The maximum absolute atomic E-state index is 13.0. The fourth-order valence-electron chi connectivity index (χ4n) is 10.2. The number of pyridine rings is 4. The lowest BCUT2D eigenvalue weighted by Gasteiger charge is -2.32. The third-order valence-corrected chi connectivity index (χ3v) is 14.4. The number of aryl methyl sites for hydroxylation is 4. The molecule has 12 rings (SSSR count). The Labute approximate surface area is 476 Å².